The second-order valence-electron chi connectivity index (χ2n) is 16.5. The molecule has 6 nitrogen and oxygen atoms in total. The van der Waals surface area contributed by atoms with E-state index in [1.54, 1.807) is 0 Å². The molecule has 0 rings (SSSR count). The Bertz CT molecular complexity index is 1330. The minimum absolute atomic E-state index is 0.127. The van der Waals surface area contributed by atoms with Gasteiger partial charge in [0.2, 0.25) is 0 Å². The Balaban J connectivity index is 4.51. The van der Waals surface area contributed by atoms with Gasteiger partial charge in [-0.05, 0) is 77.0 Å². The van der Waals surface area contributed by atoms with Gasteiger partial charge in [0.15, 0.2) is 6.10 Å². The molecule has 0 radical (unpaired) electrons. The molecule has 0 fully saturated rings. The Labute approximate surface area is 387 Å². The number of carbonyl (C=O) groups is 3. The second-order valence-corrected chi connectivity index (χ2v) is 16.5. The Morgan fingerprint density at radius 2 is 0.730 bits per heavy atom. The van der Waals surface area contributed by atoms with Gasteiger partial charge in [-0.25, -0.2) is 0 Å². The predicted molar refractivity (Wildman–Crippen MR) is 270 cm³/mol. The highest BCUT2D eigenvalue weighted by molar-refractivity contribution is 5.71. The van der Waals surface area contributed by atoms with E-state index in [2.05, 4.69) is 69.4 Å². The SMILES string of the molecule is CC\C=C/C=C\C=C/C=C\C=C/CCCC(=O)OC(COC(=O)CC/C=C\C/C=C\CCCCCCCC)COC(=O)CCCCCCCCCCCC/C=C\C=C/CCCCC. The molecule has 0 amide bonds. The number of carbonyl (C=O) groups excluding carboxylic acids is 3. The fourth-order valence-corrected chi connectivity index (χ4v) is 6.57. The van der Waals surface area contributed by atoms with E-state index in [4.69, 9.17) is 14.2 Å². The number of hydrogen-bond donors (Lipinski definition) is 0. The van der Waals surface area contributed by atoms with Crippen LogP contribution in [0.4, 0.5) is 0 Å². The third-order valence-electron chi connectivity index (χ3n) is 10.4. The Kier molecular flexibility index (Phi) is 47.5. The van der Waals surface area contributed by atoms with E-state index in [0.717, 1.165) is 44.9 Å². The molecule has 0 saturated carbocycles. The largest absolute Gasteiger partial charge is 0.462 e. The molecule has 0 N–H and O–H groups in total. The molecular formula is C57H92O6. The smallest absolute Gasteiger partial charge is 0.306 e. The summed E-state index contributed by atoms with van der Waals surface area (Å²) in [6.07, 6.45) is 68.1. The molecule has 0 heterocycles. The zero-order valence-electron chi connectivity index (χ0n) is 40.5. The first-order chi connectivity index (χ1) is 31.0. The van der Waals surface area contributed by atoms with E-state index < -0.39 is 12.1 Å². The molecule has 1 unspecified atom stereocenters. The van der Waals surface area contributed by atoms with Gasteiger partial charge >= 0.3 is 17.9 Å². The third kappa shape index (κ3) is 49.0. The van der Waals surface area contributed by atoms with Crippen LogP contribution in [0, 0.1) is 0 Å². The average molecular weight is 873 g/mol. The lowest BCUT2D eigenvalue weighted by Crippen LogP contribution is -2.30. The highest BCUT2D eigenvalue weighted by Gasteiger charge is 2.19. The topological polar surface area (TPSA) is 78.9 Å². The van der Waals surface area contributed by atoms with Crippen molar-refractivity contribution in [2.24, 2.45) is 0 Å². The summed E-state index contributed by atoms with van der Waals surface area (Å²) < 4.78 is 16.6. The number of esters is 3. The van der Waals surface area contributed by atoms with Crippen LogP contribution in [0.3, 0.4) is 0 Å². The molecule has 0 saturated heterocycles. The molecule has 0 aliphatic heterocycles. The van der Waals surface area contributed by atoms with E-state index in [-0.39, 0.29) is 38.0 Å². The first-order valence-electron chi connectivity index (χ1n) is 25.5. The molecule has 356 valence electrons. The normalized spacial score (nSPS) is 13.0. The maximum absolute atomic E-state index is 12.7. The van der Waals surface area contributed by atoms with Crippen molar-refractivity contribution in [3.8, 4) is 0 Å². The Morgan fingerprint density at radius 3 is 1.29 bits per heavy atom. The summed E-state index contributed by atoms with van der Waals surface area (Å²) in [5.74, 6) is -1.08. The maximum atomic E-state index is 12.7. The van der Waals surface area contributed by atoms with Crippen molar-refractivity contribution < 1.29 is 28.6 Å². The van der Waals surface area contributed by atoms with Crippen molar-refractivity contribution in [2.45, 2.75) is 219 Å². The number of rotatable bonds is 44. The lowest BCUT2D eigenvalue weighted by molar-refractivity contribution is -0.166. The van der Waals surface area contributed by atoms with Crippen LogP contribution in [0.5, 0.6) is 0 Å². The second kappa shape index (κ2) is 50.7. The zero-order chi connectivity index (χ0) is 45.8. The molecule has 0 aromatic carbocycles. The zero-order valence-corrected chi connectivity index (χ0v) is 40.5. The summed E-state index contributed by atoms with van der Waals surface area (Å²) >= 11 is 0. The third-order valence-corrected chi connectivity index (χ3v) is 10.4. The first kappa shape index (κ1) is 59.1. The highest BCUT2D eigenvalue weighted by Crippen LogP contribution is 2.14. The minimum atomic E-state index is -0.840. The van der Waals surface area contributed by atoms with Crippen LogP contribution in [-0.2, 0) is 28.6 Å². The van der Waals surface area contributed by atoms with Crippen LogP contribution in [0.1, 0.15) is 213 Å². The van der Waals surface area contributed by atoms with E-state index >= 15 is 0 Å². The lowest BCUT2D eigenvalue weighted by atomic mass is 10.1. The summed E-state index contributed by atoms with van der Waals surface area (Å²) in [6.45, 7) is 6.32. The highest BCUT2D eigenvalue weighted by atomic mass is 16.6. The van der Waals surface area contributed by atoms with Crippen molar-refractivity contribution in [1.82, 2.24) is 0 Å². The van der Waals surface area contributed by atoms with Gasteiger partial charge in [-0.3, -0.25) is 14.4 Å². The molecule has 0 aliphatic rings. The number of allylic oxidation sites excluding steroid dienone is 18. The van der Waals surface area contributed by atoms with Gasteiger partial charge in [0.05, 0.1) is 0 Å². The average Bonchev–Trinajstić information content (AvgIpc) is 3.28. The molecular weight excluding hydrogens is 781 g/mol. The van der Waals surface area contributed by atoms with Crippen molar-refractivity contribution in [3.05, 3.63) is 109 Å². The fraction of sp³-hybridized carbons (Fsp3) is 0.632. The lowest BCUT2D eigenvalue weighted by Gasteiger charge is -2.18. The van der Waals surface area contributed by atoms with Crippen LogP contribution >= 0.6 is 0 Å². The van der Waals surface area contributed by atoms with Gasteiger partial charge in [-0.2, -0.15) is 0 Å². The minimum Gasteiger partial charge on any atom is -0.462 e. The predicted octanol–water partition coefficient (Wildman–Crippen LogP) is 16.8. The maximum Gasteiger partial charge on any atom is 0.306 e. The molecule has 6 heteroatoms. The first-order valence-corrected chi connectivity index (χ1v) is 25.5. The van der Waals surface area contributed by atoms with Crippen molar-refractivity contribution in [2.75, 3.05) is 13.2 Å². The molecule has 0 spiro atoms. The monoisotopic (exact) mass is 873 g/mol. The molecule has 0 aromatic heterocycles. The summed E-state index contributed by atoms with van der Waals surface area (Å²) in [7, 11) is 0. The molecule has 63 heavy (non-hydrogen) atoms. The van der Waals surface area contributed by atoms with Gasteiger partial charge < -0.3 is 14.2 Å². The number of hydrogen-bond acceptors (Lipinski definition) is 6. The van der Waals surface area contributed by atoms with Crippen molar-refractivity contribution >= 4 is 17.9 Å². The Hall–Kier alpha value is -3.93. The van der Waals surface area contributed by atoms with Gasteiger partial charge in [-0.15, -0.1) is 0 Å². The molecule has 0 bridgehead atoms. The van der Waals surface area contributed by atoms with E-state index in [1.807, 2.05) is 60.8 Å². The van der Waals surface area contributed by atoms with Gasteiger partial charge in [0.1, 0.15) is 13.2 Å². The fourth-order valence-electron chi connectivity index (χ4n) is 6.57. The van der Waals surface area contributed by atoms with E-state index in [1.165, 1.54) is 116 Å². The number of ether oxygens (including phenoxy) is 3. The van der Waals surface area contributed by atoms with E-state index in [9.17, 15) is 14.4 Å². The van der Waals surface area contributed by atoms with Crippen LogP contribution < -0.4 is 0 Å². The van der Waals surface area contributed by atoms with Gasteiger partial charge in [0, 0.05) is 19.3 Å². The summed E-state index contributed by atoms with van der Waals surface area (Å²) in [5, 5.41) is 0. The van der Waals surface area contributed by atoms with Gasteiger partial charge in [-0.1, -0.05) is 226 Å². The Morgan fingerprint density at radius 1 is 0.349 bits per heavy atom. The molecule has 0 aliphatic carbocycles. The van der Waals surface area contributed by atoms with Crippen LogP contribution in [0.2, 0.25) is 0 Å². The molecule has 0 aromatic rings. The quantitative estimate of drug-likeness (QED) is 0.0199. The van der Waals surface area contributed by atoms with Crippen LogP contribution in [0.15, 0.2) is 109 Å². The summed E-state index contributed by atoms with van der Waals surface area (Å²) in [5.41, 5.74) is 0. The summed E-state index contributed by atoms with van der Waals surface area (Å²) in [6, 6.07) is 0. The molecule has 1 atom stereocenters. The van der Waals surface area contributed by atoms with Gasteiger partial charge in [0.25, 0.3) is 0 Å². The van der Waals surface area contributed by atoms with Crippen molar-refractivity contribution in [3.63, 3.8) is 0 Å². The standard InChI is InChI=1S/C57H92O6/c1-4-7-10-13-16-19-22-25-26-27-28-29-30-33-35-38-41-44-47-50-56(59)62-53-54(63-57(60)51-48-45-42-39-36-32-24-21-18-15-12-9-6-3)52-61-55(58)49-46-43-40-37-34-31-23-20-17-14-11-8-5-2/h9,12,15-16,18-19,21-22,24-25,31-32,34,36,39-40,42-43,54H,4-8,10-11,13-14,17,20,23,26-30,33,35,37-38,41,44-53H2,1-3H3/b12-9-,18-15-,19-16-,24-21-,25-22-,34-31-,36-32-,42-39-,43-40-. The number of unbranched alkanes of at least 4 members (excludes halogenated alkanes) is 20. The van der Waals surface area contributed by atoms with Crippen LogP contribution in [0.25, 0.3) is 0 Å². The summed E-state index contributed by atoms with van der Waals surface area (Å²) in [4.78, 5) is 37.9. The van der Waals surface area contributed by atoms with Crippen LogP contribution in [-0.4, -0.2) is 37.2 Å². The van der Waals surface area contributed by atoms with Crippen molar-refractivity contribution in [1.29, 1.82) is 0 Å². The van der Waals surface area contributed by atoms with E-state index in [0.29, 0.717) is 19.3 Å².